The van der Waals surface area contributed by atoms with Gasteiger partial charge in [0.1, 0.15) is 29.9 Å². The van der Waals surface area contributed by atoms with E-state index in [1.165, 1.54) is 56.9 Å². The molecule has 0 aliphatic carbocycles. The SMILES string of the molecule is C[C@@H](OC(=O)Nc1c(-c2ccc(NS(C)(=O)=O)cn2)nnn1C)c1cccnc1Cl.Cc1cccc([C@@H](C)OC(=O)Nc2c(-c3ccc(NS(C)(=O)=O)c(C)n3)nnn2C)c1F.Cc1cccc([C@@H](CF)OC(=O)Nc2c(-c3ccc(NS(C)(=O)=O)cn3)nnn2C)c1. The highest BCUT2D eigenvalue weighted by Gasteiger charge is 2.25. The summed E-state index contributed by atoms with van der Waals surface area (Å²) in [6, 6.07) is 24.5. The molecule has 37 heteroatoms. The Morgan fingerprint density at radius 3 is 1.46 bits per heavy atom. The Morgan fingerprint density at radius 1 is 0.570 bits per heavy atom. The highest BCUT2D eigenvalue weighted by Crippen LogP contribution is 2.31. The minimum atomic E-state index is -3.46. The van der Waals surface area contributed by atoms with E-state index in [4.69, 9.17) is 25.8 Å². The van der Waals surface area contributed by atoms with Gasteiger partial charge in [0.05, 0.1) is 71.0 Å². The van der Waals surface area contributed by atoms with Crippen LogP contribution in [-0.2, 0) is 65.4 Å². The fraction of sp³-hybridized carbons (Fsp3) is 0.268. The van der Waals surface area contributed by atoms with Crippen LogP contribution in [0.25, 0.3) is 34.2 Å². The number of carbonyl (C=O) groups is 3. The monoisotopic (exact) mass is 1360 g/mol. The van der Waals surface area contributed by atoms with E-state index >= 15 is 0 Å². The molecule has 0 radical (unpaired) electrons. The van der Waals surface area contributed by atoms with Crippen LogP contribution in [0.15, 0.2) is 110 Å². The van der Waals surface area contributed by atoms with Crippen molar-refractivity contribution < 1.29 is 62.6 Å². The van der Waals surface area contributed by atoms with Crippen LogP contribution in [0.1, 0.15) is 65.7 Å². The number of carbonyl (C=O) groups excluding carboxylic acids is 3. The molecule has 0 aliphatic rings. The summed E-state index contributed by atoms with van der Waals surface area (Å²) in [5.41, 5.74) is 5.88. The number of ether oxygens (including phenoxy) is 3. The lowest BCUT2D eigenvalue weighted by molar-refractivity contribution is 0.0928. The second-order valence-electron chi connectivity index (χ2n) is 20.3. The molecule has 0 bridgehead atoms. The van der Waals surface area contributed by atoms with Crippen LogP contribution in [0, 0.1) is 26.6 Å². The number of amides is 3. The van der Waals surface area contributed by atoms with E-state index in [2.05, 4.69) is 81.0 Å². The number of nitrogens with zero attached hydrogens (tertiary/aromatic N) is 13. The van der Waals surface area contributed by atoms with Crippen molar-refractivity contribution in [1.29, 1.82) is 0 Å². The molecule has 0 spiro atoms. The Morgan fingerprint density at radius 2 is 1.02 bits per heavy atom. The number of anilines is 6. The van der Waals surface area contributed by atoms with Crippen molar-refractivity contribution in [2.24, 2.45) is 21.1 Å². The van der Waals surface area contributed by atoms with Crippen molar-refractivity contribution in [2.75, 3.05) is 55.6 Å². The van der Waals surface area contributed by atoms with Crippen molar-refractivity contribution in [1.82, 2.24) is 64.9 Å². The van der Waals surface area contributed by atoms with Gasteiger partial charge < -0.3 is 14.2 Å². The first kappa shape index (κ1) is 70.1. The van der Waals surface area contributed by atoms with Gasteiger partial charge in [0.2, 0.25) is 30.1 Å². The third-order valence-corrected chi connectivity index (χ3v) is 14.8. The standard InChI is InChI=1S/C20H23FN6O4S.C19H21FN6O4S.C17H18ClN7O4S/c1-11-7-6-8-14(17(11)21)13(3)31-20(28)23-19-18(24-26-27(19)4)16-10-9-15(12(2)22-16)25-32(5,29)30;1-12-5-4-6-13(9-12)16(10-20)30-19(27)22-18-17(23-25-26(18)2)15-8-7-14(11-21-15)24-31(3,28)29;1-10(12-5-4-8-19-15(12)18)29-17(26)21-16-14(22-24-25(16)2)13-7-6-11(9-20-13)23-30(3,27)28/h6-10,13,25H,1-5H3,(H,23,28);4-9,11,16,24H,10H2,1-3H3,(H,22,27);4-10,23H,1-3H3,(H,21,26)/t13-;16-;10-/m111/s1. The number of aromatic nitrogens is 13. The maximum atomic E-state index is 14.3. The van der Waals surface area contributed by atoms with Crippen molar-refractivity contribution in [3.63, 3.8) is 0 Å². The Labute approximate surface area is 537 Å². The molecular weight excluding hydrogens is 1300 g/mol. The molecule has 492 valence electrons. The molecule has 0 saturated carbocycles. The molecule has 6 N–H and O–H groups in total. The molecule has 7 heterocycles. The van der Waals surface area contributed by atoms with Crippen LogP contribution in [0.5, 0.6) is 0 Å². The fourth-order valence-electron chi connectivity index (χ4n) is 8.33. The summed E-state index contributed by atoms with van der Waals surface area (Å²) in [6.45, 7) is 7.47. The van der Waals surface area contributed by atoms with Crippen LogP contribution >= 0.6 is 11.6 Å². The number of rotatable bonds is 19. The Balaban J connectivity index is 0.000000198. The maximum absolute atomic E-state index is 14.3. The van der Waals surface area contributed by atoms with E-state index in [1.54, 1.807) is 110 Å². The van der Waals surface area contributed by atoms with Crippen molar-refractivity contribution in [3.05, 3.63) is 154 Å². The van der Waals surface area contributed by atoms with E-state index in [1.807, 2.05) is 13.0 Å². The highest BCUT2D eigenvalue weighted by molar-refractivity contribution is 7.92. The Hall–Kier alpha value is -10.3. The molecule has 31 nitrogen and oxygen atoms in total. The number of hydrogen-bond acceptors (Lipinski definition) is 22. The van der Waals surface area contributed by atoms with Gasteiger partial charge in [-0.25, -0.2) is 72.4 Å². The first-order chi connectivity index (χ1) is 43.8. The van der Waals surface area contributed by atoms with Crippen molar-refractivity contribution in [2.45, 2.75) is 52.9 Å². The van der Waals surface area contributed by atoms with Crippen molar-refractivity contribution in [3.8, 4) is 34.2 Å². The number of alkyl halides is 1. The van der Waals surface area contributed by atoms with Gasteiger partial charge in [-0.2, -0.15) is 0 Å². The Bertz CT molecular complexity index is 4530. The summed E-state index contributed by atoms with van der Waals surface area (Å²) in [5, 5.41) is 31.6. The van der Waals surface area contributed by atoms with E-state index in [0.29, 0.717) is 50.8 Å². The summed E-state index contributed by atoms with van der Waals surface area (Å²) >= 11 is 6.03. The predicted molar refractivity (Wildman–Crippen MR) is 340 cm³/mol. The molecule has 3 atom stereocenters. The molecule has 3 amide bonds. The van der Waals surface area contributed by atoms with Gasteiger partial charge in [0.25, 0.3) is 0 Å². The molecule has 0 aliphatic heterocycles. The number of nitrogens with one attached hydrogen (secondary N) is 6. The summed E-state index contributed by atoms with van der Waals surface area (Å²) in [7, 11) is -5.61. The zero-order valence-electron chi connectivity index (χ0n) is 51.4. The quantitative estimate of drug-likeness (QED) is 0.0325. The zero-order chi connectivity index (χ0) is 68.1. The van der Waals surface area contributed by atoms with Crippen LogP contribution in [0.4, 0.5) is 57.7 Å². The number of hydrogen-bond donors (Lipinski definition) is 6. The van der Waals surface area contributed by atoms with Gasteiger partial charge in [-0.05, 0) is 88.2 Å². The smallest absolute Gasteiger partial charge is 0.413 e. The van der Waals surface area contributed by atoms with E-state index in [9.17, 15) is 48.4 Å². The predicted octanol–water partition coefficient (Wildman–Crippen LogP) is 8.74. The van der Waals surface area contributed by atoms with Gasteiger partial charge in [-0.1, -0.05) is 81.3 Å². The lowest BCUT2D eigenvalue weighted by Gasteiger charge is -2.16. The molecule has 0 saturated heterocycles. The van der Waals surface area contributed by atoms with Gasteiger partial charge in [0, 0.05) is 38.5 Å². The largest absolute Gasteiger partial charge is 0.441 e. The van der Waals surface area contributed by atoms with Gasteiger partial charge in [-0.15, -0.1) is 15.3 Å². The van der Waals surface area contributed by atoms with Crippen LogP contribution in [0.2, 0.25) is 5.15 Å². The lowest BCUT2D eigenvalue weighted by atomic mass is 10.1. The number of sulfonamides is 3. The third kappa shape index (κ3) is 19.8. The molecule has 9 rings (SSSR count). The number of aryl methyl sites for hydroxylation is 6. The average Bonchev–Trinajstić information content (AvgIpc) is 1.75. The number of halogens is 3. The third-order valence-electron chi connectivity index (χ3n) is 12.6. The van der Waals surface area contributed by atoms with Crippen LogP contribution < -0.4 is 30.1 Å². The summed E-state index contributed by atoms with van der Waals surface area (Å²) in [5.74, 6) is 0.213. The van der Waals surface area contributed by atoms with Gasteiger partial charge in [-0.3, -0.25) is 40.1 Å². The van der Waals surface area contributed by atoms with E-state index < -0.39 is 79.2 Å². The van der Waals surface area contributed by atoms with Crippen LogP contribution in [0.3, 0.4) is 0 Å². The van der Waals surface area contributed by atoms with E-state index in [0.717, 1.165) is 24.3 Å². The molecular formula is C56H62ClF2N19O12S3. The lowest BCUT2D eigenvalue weighted by Crippen LogP contribution is -2.20. The summed E-state index contributed by atoms with van der Waals surface area (Å²) in [4.78, 5) is 53.9. The van der Waals surface area contributed by atoms with E-state index in [-0.39, 0.29) is 50.9 Å². The zero-order valence-corrected chi connectivity index (χ0v) is 54.6. The highest BCUT2D eigenvalue weighted by atomic mass is 35.5. The van der Waals surface area contributed by atoms with Gasteiger partial charge in [0.15, 0.2) is 40.6 Å². The molecule has 9 aromatic rings. The summed E-state index contributed by atoms with van der Waals surface area (Å²) < 4.78 is 123. The fourth-order valence-corrected chi connectivity index (χ4v) is 10.3. The Kier molecular flexibility index (Phi) is 22.8. The maximum Gasteiger partial charge on any atom is 0.413 e. The molecule has 2 aromatic carbocycles. The summed E-state index contributed by atoms with van der Waals surface area (Å²) in [6.07, 6.45) is 2.29. The first-order valence-electron chi connectivity index (χ1n) is 27.2. The number of pyridine rings is 4. The minimum absolute atomic E-state index is 0.183. The topological polar surface area (TPSA) is 397 Å². The first-order valence-corrected chi connectivity index (χ1v) is 33.3. The minimum Gasteiger partial charge on any atom is -0.441 e. The average molecular weight is 1360 g/mol. The molecule has 0 fully saturated rings. The van der Waals surface area contributed by atoms with Crippen LogP contribution in [-0.4, -0.2) is 134 Å². The molecule has 0 unspecified atom stereocenters. The molecule has 7 aromatic heterocycles. The molecule has 93 heavy (non-hydrogen) atoms. The van der Waals surface area contributed by atoms with Gasteiger partial charge >= 0.3 is 18.3 Å². The number of benzene rings is 2. The normalized spacial score (nSPS) is 12.3. The second kappa shape index (κ2) is 30.2. The van der Waals surface area contributed by atoms with Crippen molar-refractivity contribution >= 4 is 94.5 Å². The second-order valence-corrected chi connectivity index (χ2v) is 25.9.